The van der Waals surface area contributed by atoms with Crippen LogP contribution in [0.5, 0.6) is 0 Å². The summed E-state index contributed by atoms with van der Waals surface area (Å²) in [5, 5.41) is 4.23. The Morgan fingerprint density at radius 2 is 2.11 bits per heavy atom. The van der Waals surface area contributed by atoms with E-state index in [0.29, 0.717) is 11.3 Å². The third kappa shape index (κ3) is 3.34. The second kappa shape index (κ2) is 5.03. The Morgan fingerprint density at radius 1 is 1.37 bits per heavy atom. The number of rotatable bonds is 2. The van der Waals surface area contributed by atoms with Gasteiger partial charge in [0.05, 0.1) is 17.5 Å². The molecule has 0 saturated carbocycles. The van der Waals surface area contributed by atoms with Crippen LogP contribution < -0.4 is 5.43 Å². The predicted octanol–water partition coefficient (Wildman–Crippen LogP) is 3.44. The lowest BCUT2D eigenvalue weighted by Gasteiger charge is -2.29. The second-order valence-corrected chi connectivity index (χ2v) is 5.94. The van der Waals surface area contributed by atoms with Gasteiger partial charge in [-0.05, 0) is 44.2 Å². The molecule has 0 aliphatic heterocycles. The van der Waals surface area contributed by atoms with Crippen LogP contribution in [0.2, 0.25) is 0 Å². The molecule has 19 heavy (non-hydrogen) atoms. The average Bonchev–Trinajstić information content (AvgIpc) is 2.69. The van der Waals surface area contributed by atoms with Crippen molar-refractivity contribution in [1.82, 2.24) is 5.43 Å². The van der Waals surface area contributed by atoms with Gasteiger partial charge < -0.3 is 4.42 Å². The quantitative estimate of drug-likeness (QED) is 0.828. The topological polar surface area (TPSA) is 54.6 Å². The molecule has 0 unspecified atom stereocenters. The van der Waals surface area contributed by atoms with Crippen molar-refractivity contribution in [2.24, 2.45) is 10.5 Å². The number of furan rings is 1. The summed E-state index contributed by atoms with van der Waals surface area (Å²) in [6, 6.07) is 1.65. The SMILES string of the molecule is CC1=C/C(=N\NC(=O)c2ccoc2C)CC(C)(C)C1. The van der Waals surface area contributed by atoms with Crippen molar-refractivity contribution < 1.29 is 9.21 Å². The molecule has 0 saturated heterocycles. The minimum atomic E-state index is -0.229. The number of hydrazone groups is 1. The van der Waals surface area contributed by atoms with Gasteiger partial charge in [-0.15, -0.1) is 0 Å². The molecule has 0 atom stereocenters. The van der Waals surface area contributed by atoms with Crippen molar-refractivity contribution in [1.29, 1.82) is 0 Å². The number of hydrogen-bond acceptors (Lipinski definition) is 3. The van der Waals surface area contributed by atoms with Crippen LogP contribution in [-0.2, 0) is 0 Å². The van der Waals surface area contributed by atoms with Crippen LogP contribution in [0.15, 0.2) is 33.5 Å². The van der Waals surface area contributed by atoms with Gasteiger partial charge in [-0.3, -0.25) is 4.79 Å². The van der Waals surface area contributed by atoms with E-state index in [1.807, 2.05) is 6.08 Å². The van der Waals surface area contributed by atoms with Crippen LogP contribution in [0.4, 0.5) is 0 Å². The molecule has 102 valence electrons. The van der Waals surface area contributed by atoms with Gasteiger partial charge in [0.15, 0.2) is 0 Å². The summed E-state index contributed by atoms with van der Waals surface area (Å²) < 4.78 is 5.11. The summed E-state index contributed by atoms with van der Waals surface area (Å²) >= 11 is 0. The third-order valence-corrected chi connectivity index (χ3v) is 3.23. The molecular weight excluding hydrogens is 240 g/mol. The third-order valence-electron chi connectivity index (χ3n) is 3.23. The maximum Gasteiger partial charge on any atom is 0.274 e. The van der Waals surface area contributed by atoms with Gasteiger partial charge in [0, 0.05) is 0 Å². The molecule has 1 aromatic heterocycles. The molecule has 0 fully saturated rings. The molecule has 1 aliphatic rings. The summed E-state index contributed by atoms with van der Waals surface area (Å²) in [6.45, 7) is 8.27. The highest BCUT2D eigenvalue weighted by Gasteiger charge is 2.24. The zero-order valence-electron chi connectivity index (χ0n) is 11.9. The Balaban J connectivity index is 2.09. The van der Waals surface area contributed by atoms with E-state index >= 15 is 0 Å². The van der Waals surface area contributed by atoms with E-state index in [1.165, 1.54) is 11.8 Å². The maximum atomic E-state index is 11.9. The standard InChI is InChI=1S/C15H20N2O2/c1-10-7-12(9-15(3,4)8-10)16-17-14(18)13-5-6-19-11(13)2/h5-7H,8-9H2,1-4H3,(H,17,18)/b16-12+. The maximum absolute atomic E-state index is 11.9. The Labute approximate surface area is 113 Å². The highest BCUT2D eigenvalue weighted by Crippen LogP contribution is 2.33. The molecule has 0 radical (unpaired) electrons. The number of amides is 1. The summed E-state index contributed by atoms with van der Waals surface area (Å²) in [5.74, 6) is 0.376. The zero-order valence-corrected chi connectivity index (χ0v) is 11.9. The molecule has 1 aliphatic carbocycles. The first-order valence-electron chi connectivity index (χ1n) is 6.45. The van der Waals surface area contributed by atoms with E-state index < -0.39 is 0 Å². The van der Waals surface area contributed by atoms with Crippen LogP contribution in [0.3, 0.4) is 0 Å². The van der Waals surface area contributed by atoms with Gasteiger partial charge in [0.1, 0.15) is 5.76 Å². The molecule has 1 aromatic rings. The highest BCUT2D eigenvalue weighted by molar-refractivity contribution is 5.99. The van der Waals surface area contributed by atoms with E-state index in [4.69, 9.17) is 4.42 Å². The van der Waals surface area contributed by atoms with Gasteiger partial charge in [-0.2, -0.15) is 5.10 Å². The van der Waals surface area contributed by atoms with Gasteiger partial charge >= 0.3 is 0 Å². The number of nitrogens with one attached hydrogen (secondary N) is 1. The molecule has 1 heterocycles. The van der Waals surface area contributed by atoms with Crippen molar-refractivity contribution in [3.05, 3.63) is 35.3 Å². The fourth-order valence-electron chi connectivity index (χ4n) is 2.57. The normalized spacial score (nSPS) is 20.2. The molecule has 4 heteroatoms. The minimum absolute atomic E-state index is 0.202. The smallest absolute Gasteiger partial charge is 0.274 e. The van der Waals surface area contributed by atoms with Crippen LogP contribution in [0, 0.1) is 12.3 Å². The molecular formula is C15H20N2O2. The first kappa shape index (κ1) is 13.6. The number of nitrogens with zero attached hydrogens (tertiary/aromatic N) is 1. The molecule has 0 bridgehead atoms. The average molecular weight is 260 g/mol. The van der Waals surface area contributed by atoms with Crippen molar-refractivity contribution in [3.63, 3.8) is 0 Å². The molecule has 2 rings (SSSR count). The Hall–Kier alpha value is -1.84. The number of allylic oxidation sites excluding steroid dienone is 2. The molecule has 4 nitrogen and oxygen atoms in total. The summed E-state index contributed by atoms with van der Waals surface area (Å²) in [4.78, 5) is 11.9. The van der Waals surface area contributed by atoms with Gasteiger partial charge in [0.2, 0.25) is 0 Å². The first-order valence-corrected chi connectivity index (χ1v) is 6.45. The van der Waals surface area contributed by atoms with E-state index in [0.717, 1.165) is 18.6 Å². The number of hydrogen-bond donors (Lipinski definition) is 1. The van der Waals surface area contributed by atoms with Crippen molar-refractivity contribution in [3.8, 4) is 0 Å². The summed E-state index contributed by atoms with van der Waals surface area (Å²) in [6.07, 6.45) is 5.49. The minimum Gasteiger partial charge on any atom is -0.469 e. The van der Waals surface area contributed by atoms with Gasteiger partial charge in [-0.25, -0.2) is 5.43 Å². The van der Waals surface area contributed by atoms with Gasteiger partial charge in [0.25, 0.3) is 5.91 Å². The van der Waals surface area contributed by atoms with Crippen molar-refractivity contribution in [2.75, 3.05) is 0 Å². The highest BCUT2D eigenvalue weighted by atomic mass is 16.3. The van der Waals surface area contributed by atoms with Crippen LogP contribution in [-0.4, -0.2) is 11.6 Å². The lowest BCUT2D eigenvalue weighted by atomic mass is 9.77. The first-order chi connectivity index (χ1) is 8.87. The largest absolute Gasteiger partial charge is 0.469 e. The predicted molar refractivity (Wildman–Crippen MR) is 75.1 cm³/mol. The number of carbonyl (C=O) groups excluding carboxylic acids is 1. The van der Waals surface area contributed by atoms with E-state index in [9.17, 15) is 4.79 Å². The van der Waals surface area contributed by atoms with Crippen LogP contribution in [0.25, 0.3) is 0 Å². The van der Waals surface area contributed by atoms with E-state index in [1.54, 1.807) is 13.0 Å². The molecule has 0 spiro atoms. The van der Waals surface area contributed by atoms with E-state index in [-0.39, 0.29) is 11.3 Å². The lowest BCUT2D eigenvalue weighted by Crippen LogP contribution is -2.25. The summed E-state index contributed by atoms with van der Waals surface area (Å²) in [5.41, 5.74) is 5.54. The number of carbonyl (C=O) groups is 1. The van der Waals surface area contributed by atoms with Crippen LogP contribution in [0.1, 0.15) is 49.7 Å². The second-order valence-electron chi connectivity index (χ2n) is 5.94. The monoisotopic (exact) mass is 260 g/mol. The lowest BCUT2D eigenvalue weighted by molar-refractivity contribution is 0.0953. The fraction of sp³-hybridized carbons (Fsp3) is 0.467. The fourth-order valence-corrected chi connectivity index (χ4v) is 2.57. The Morgan fingerprint density at radius 3 is 2.68 bits per heavy atom. The zero-order chi connectivity index (χ0) is 14.0. The molecule has 1 N–H and O–H groups in total. The van der Waals surface area contributed by atoms with E-state index in [2.05, 4.69) is 31.3 Å². The summed E-state index contributed by atoms with van der Waals surface area (Å²) in [7, 11) is 0. The Bertz CT molecular complexity index is 550. The number of aryl methyl sites for hydroxylation is 1. The van der Waals surface area contributed by atoms with Crippen molar-refractivity contribution >= 4 is 11.6 Å². The van der Waals surface area contributed by atoms with Crippen LogP contribution >= 0.6 is 0 Å². The molecule has 1 amide bonds. The van der Waals surface area contributed by atoms with Gasteiger partial charge in [-0.1, -0.05) is 19.4 Å². The van der Waals surface area contributed by atoms with Crippen molar-refractivity contribution in [2.45, 2.75) is 40.5 Å². The Kier molecular flexibility index (Phi) is 3.60. The molecule has 0 aromatic carbocycles.